The van der Waals surface area contributed by atoms with E-state index >= 15 is 0 Å². The third kappa shape index (κ3) is 5.07. The van der Waals surface area contributed by atoms with Gasteiger partial charge in [-0.05, 0) is 30.5 Å². The van der Waals surface area contributed by atoms with Crippen molar-refractivity contribution >= 4 is 22.1 Å². The molecule has 0 saturated heterocycles. The topological polar surface area (TPSA) is 137 Å². The van der Waals surface area contributed by atoms with Crippen LogP contribution in [-0.2, 0) is 16.4 Å². The maximum atomic E-state index is 12.3. The summed E-state index contributed by atoms with van der Waals surface area (Å²) in [6.07, 6.45) is -0.632. The molecule has 0 bridgehead atoms. The molecule has 3 rings (SSSR count). The van der Waals surface area contributed by atoms with Crippen molar-refractivity contribution in [1.29, 1.82) is 0 Å². The van der Waals surface area contributed by atoms with Crippen molar-refractivity contribution in [3.8, 4) is 0 Å². The lowest BCUT2D eigenvalue weighted by molar-refractivity contribution is -0.252. The second-order valence-electron chi connectivity index (χ2n) is 5.87. The zero-order valence-corrected chi connectivity index (χ0v) is 15.4. The predicted octanol–water partition coefficient (Wildman–Crippen LogP) is 1.48. The molecule has 0 radical (unpaired) electrons. The summed E-state index contributed by atoms with van der Waals surface area (Å²) in [6, 6.07) is 15.9. The van der Waals surface area contributed by atoms with Crippen LogP contribution < -0.4 is 15.1 Å². The number of carbonyl (C=O) groups is 1. The maximum Gasteiger partial charge on any atom is 0.329 e. The van der Waals surface area contributed by atoms with Crippen molar-refractivity contribution in [2.24, 2.45) is 0 Å². The standard InChI is InChI=1S/C18H18N4O5S/c23-18(24)19-15(12-11-13-7-3-1-4-8-13)16-20-21-17(27-16)22-28(25,26)14-9-5-2-6-10-14/h1-10,15,19H,11-12H2,(H,21,22)(H,23,24)/p-1. The lowest BCUT2D eigenvalue weighted by atomic mass is 10.1. The summed E-state index contributed by atoms with van der Waals surface area (Å²) in [4.78, 5) is 11.0. The van der Waals surface area contributed by atoms with E-state index in [9.17, 15) is 18.3 Å². The third-order valence-electron chi connectivity index (χ3n) is 3.87. The number of aryl methyl sites for hydroxylation is 1. The van der Waals surface area contributed by atoms with E-state index in [0.29, 0.717) is 12.8 Å². The molecule has 0 saturated carbocycles. The van der Waals surface area contributed by atoms with Crippen molar-refractivity contribution in [2.75, 3.05) is 4.72 Å². The molecule has 1 heterocycles. The number of rotatable bonds is 8. The largest absolute Gasteiger partial charge is 0.530 e. The number of hydrogen-bond donors (Lipinski definition) is 2. The van der Waals surface area contributed by atoms with Gasteiger partial charge in [0.25, 0.3) is 10.0 Å². The number of carboxylic acid groups (broad SMARTS) is 1. The summed E-state index contributed by atoms with van der Waals surface area (Å²) in [5.74, 6) is -0.0640. The average Bonchev–Trinajstić information content (AvgIpc) is 3.14. The van der Waals surface area contributed by atoms with Crippen molar-refractivity contribution in [3.63, 3.8) is 0 Å². The molecule has 0 fully saturated rings. The summed E-state index contributed by atoms with van der Waals surface area (Å²) in [5.41, 5.74) is 0.997. The molecule has 146 valence electrons. The molecule has 10 heteroatoms. The van der Waals surface area contributed by atoms with Crippen molar-refractivity contribution in [1.82, 2.24) is 15.5 Å². The van der Waals surface area contributed by atoms with Gasteiger partial charge in [-0.3, -0.25) is 0 Å². The number of benzene rings is 2. The number of anilines is 1. The Morgan fingerprint density at radius 1 is 1.04 bits per heavy atom. The zero-order chi connectivity index (χ0) is 20.0. The minimum atomic E-state index is -3.90. The van der Waals surface area contributed by atoms with Crippen LogP contribution in [0.5, 0.6) is 0 Å². The molecule has 1 aromatic heterocycles. The fourth-order valence-electron chi connectivity index (χ4n) is 2.55. The van der Waals surface area contributed by atoms with Gasteiger partial charge in [-0.1, -0.05) is 53.6 Å². The molecular formula is C18H17N4O5S-. The van der Waals surface area contributed by atoms with Crippen LogP contribution in [0, 0.1) is 0 Å². The molecule has 0 aliphatic rings. The number of nitrogens with zero attached hydrogens (tertiary/aromatic N) is 2. The van der Waals surface area contributed by atoms with Crippen LogP contribution >= 0.6 is 0 Å². The van der Waals surface area contributed by atoms with E-state index in [2.05, 4.69) is 20.2 Å². The summed E-state index contributed by atoms with van der Waals surface area (Å²) in [6.45, 7) is 0. The van der Waals surface area contributed by atoms with Gasteiger partial charge in [0.05, 0.1) is 4.90 Å². The molecule has 1 unspecified atom stereocenters. The second-order valence-corrected chi connectivity index (χ2v) is 7.56. The number of hydrogen-bond acceptors (Lipinski definition) is 7. The Balaban J connectivity index is 1.73. The van der Waals surface area contributed by atoms with Crippen LogP contribution in [-0.4, -0.2) is 24.7 Å². The van der Waals surface area contributed by atoms with E-state index < -0.39 is 22.2 Å². The van der Waals surface area contributed by atoms with Crippen LogP contribution in [0.15, 0.2) is 70.0 Å². The van der Waals surface area contributed by atoms with E-state index in [-0.39, 0.29) is 16.8 Å². The van der Waals surface area contributed by atoms with Gasteiger partial charge in [0.15, 0.2) is 0 Å². The number of aromatic nitrogens is 2. The minimum Gasteiger partial charge on any atom is -0.530 e. The Kier molecular flexibility index (Phi) is 5.90. The Hall–Kier alpha value is -3.40. The first kappa shape index (κ1) is 19.4. The maximum absolute atomic E-state index is 12.3. The molecule has 2 aromatic carbocycles. The fourth-order valence-corrected chi connectivity index (χ4v) is 3.49. The number of sulfonamides is 1. The van der Waals surface area contributed by atoms with Gasteiger partial charge in [0.2, 0.25) is 5.89 Å². The first-order chi connectivity index (χ1) is 13.4. The number of nitrogens with one attached hydrogen (secondary N) is 2. The second kappa shape index (κ2) is 8.53. The molecule has 1 amide bonds. The molecular weight excluding hydrogens is 384 g/mol. The highest BCUT2D eigenvalue weighted by molar-refractivity contribution is 7.92. The molecule has 0 aliphatic carbocycles. The number of carbonyl (C=O) groups excluding carboxylic acids is 1. The molecule has 2 N–H and O–H groups in total. The van der Waals surface area contributed by atoms with Crippen molar-refractivity contribution in [2.45, 2.75) is 23.8 Å². The number of amides is 1. The first-order valence-corrected chi connectivity index (χ1v) is 9.85. The Morgan fingerprint density at radius 3 is 2.32 bits per heavy atom. The van der Waals surface area contributed by atoms with Gasteiger partial charge >= 0.3 is 6.01 Å². The van der Waals surface area contributed by atoms with Gasteiger partial charge in [0, 0.05) is 0 Å². The van der Waals surface area contributed by atoms with E-state index in [4.69, 9.17) is 4.42 Å². The van der Waals surface area contributed by atoms with E-state index in [1.54, 1.807) is 18.2 Å². The highest BCUT2D eigenvalue weighted by Crippen LogP contribution is 2.21. The molecule has 0 aliphatic heterocycles. The van der Waals surface area contributed by atoms with Crippen LogP contribution in [0.2, 0.25) is 0 Å². The quantitative estimate of drug-likeness (QED) is 0.583. The van der Waals surface area contributed by atoms with Crippen LogP contribution in [0.1, 0.15) is 23.9 Å². The summed E-state index contributed by atoms with van der Waals surface area (Å²) >= 11 is 0. The Labute approximate surface area is 161 Å². The predicted molar refractivity (Wildman–Crippen MR) is 97.6 cm³/mol. The van der Waals surface area contributed by atoms with Gasteiger partial charge in [-0.15, -0.1) is 5.10 Å². The van der Waals surface area contributed by atoms with Crippen molar-refractivity contribution < 1.29 is 22.7 Å². The van der Waals surface area contributed by atoms with E-state index in [0.717, 1.165) is 5.56 Å². The molecule has 0 spiro atoms. The van der Waals surface area contributed by atoms with Gasteiger partial charge in [-0.2, -0.15) is 0 Å². The molecule has 3 aromatic rings. The summed E-state index contributed by atoms with van der Waals surface area (Å²) in [7, 11) is -3.90. The van der Waals surface area contributed by atoms with Crippen molar-refractivity contribution in [3.05, 3.63) is 72.1 Å². The van der Waals surface area contributed by atoms with E-state index in [1.165, 1.54) is 12.1 Å². The Bertz CT molecular complexity index is 1020. The molecule has 28 heavy (non-hydrogen) atoms. The minimum absolute atomic E-state index is 0.0308. The van der Waals surface area contributed by atoms with E-state index in [1.807, 2.05) is 30.3 Å². The van der Waals surface area contributed by atoms with Crippen LogP contribution in [0.25, 0.3) is 0 Å². The molecule has 9 nitrogen and oxygen atoms in total. The third-order valence-corrected chi connectivity index (χ3v) is 5.21. The summed E-state index contributed by atoms with van der Waals surface area (Å²) in [5, 5.41) is 20.6. The Morgan fingerprint density at radius 2 is 1.68 bits per heavy atom. The highest BCUT2D eigenvalue weighted by atomic mass is 32.2. The van der Waals surface area contributed by atoms with Crippen LogP contribution in [0.3, 0.4) is 0 Å². The lowest BCUT2D eigenvalue weighted by Gasteiger charge is -2.16. The summed E-state index contributed by atoms with van der Waals surface area (Å²) < 4.78 is 32.1. The average molecular weight is 401 g/mol. The molecule has 1 atom stereocenters. The first-order valence-electron chi connectivity index (χ1n) is 8.37. The highest BCUT2D eigenvalue weighted by Gasteiger charge is 2.22. The van der Waals surface area contributed by atoms with Gasteiger partial charge in [0.1, 0.15) is 12.1 Å². The lowest BCUT2D eigenvalue weighted by Crippen LogP contribution is -2.39. The van der Waals surface area contributed by atoms with Crippen LogP contribution in [0.4, 0.5) is 10.8 Å². The monoisotopic (exact) mass is 401 g/mol. The van der Waals surface area contributed by atoms with Gasteiger partial charge < -0.3 is 19.6 Å². The smallest absolute Gasteiger partial charge is 0.329 e. The van der Waals surface area contributed by atoms with Gasteiger partial charge in [-0.25, -0.2) is 13.1 Å². The fraction of sp³-hybridized carbons (Fsp3) is 0.167. The zero-order valence-electron chi connectivity index (χ0n) is 14.6. The normalized spacial score (nSPS) is 12.3. The SMILES string of the molecule is O=C([O-])NC(CCc1ccccc1)c1nnc(NS(=O)(=O)c2ccccc2)o1.